The van der Waals surface area contributed by atoms with Crippen molar-refractivity contribution in [2.75, 3.05) is 5.32 Å². The van der Waals surface area contributed by atoms with Crippen molar-refractivity contribution in [2.45, 2.75) is 51.4 Å². The van der Waals surface area contributed by atoms with Crippen molar-refractivity contribution >= 4 is 29.3 Å². The minimum absolute atomic E-state index is 0.409. The van der Waals surface area contributed by atoms with E-state index in [-0.39, 0.29) is 0 Å². The average Bonchev–Trinajstić information content (AvgIpc) is 3.18. The van der Waals surface area contributed by atoms with Gasteiger partial charge in [-0.3, -0.25) is 9.48 Å². The van der Waals surface area contributed by atoms with Crippen molar-refractivity contribution in [1.29, 1.82) is 0 Å². The van der Waals surface area contributed by atoms with Crippen molar-refractivity contribution in [2.24, 2.45) is 7.05 Å². The molecule has 0 saturated carbocycles. The van der Waals surface area contributed by atoms with Crippen molar-refractivity contribution < 1.29 is 18.8 Å². The molecule has 1 N–H and O–H groups in total. The molecule has 1 aromatic carbocycles. The molecule has 0 aliphatic heterocycles. The summed E-state index contributed by atoms with van der Waals surface area (Å²) in [4.78, 5) is 26.2. The molecular weight excluding hydrogens is 416 g/mol. The highest BCUT2D eigenvalue weighted by molar-refractivity contribution is 7.98. The quantitative estimate of drug-likeness (QED) is 0.434. The Morgan fingerprint density at radius 1 is 1.19 bits per heavy atom. The summed E-state index contributed by atoms with van der Waals surface area (Å²) in [5, 5.41) is 11.0. The molecule has 0 saturated heterocycles. The summed E-state index contributed by atoms with van der Waals surface area (Å²) in [5.41, 5.74) is 4.40. The van der Waals surface area contributed by atoms with Crippen molar-refractivity contribution in [3.05, 3.63) is 58.2 Å². The third-order valence-electron chi connectivity index (χ3n) is 5.07. The zero-order valence-electron chi connectivity index (χ0n) is 18.5. The van der Waals surface area contributed by atoms with Gasteiger partial charge < -0.3 is 14.6 Å². The number of hydrogen-bond donors (Lipinski definition) is 1. The highest BCUT2D eigenvalue weighted by atomic mass is 32.2. The normalized spacial score (nSPS) is 11.9. The number of ether oxygens (including phenoxy) is 1. The predicted molar refractivity (Wildman–Crippen MR) is 118 cm³/mol. The number of nitrogens with zero attached hydrogens (tertiary/aromatic N) is 3. The SMILES string of the molecule is Cc1noc(C)c1CSc1ccccc1C(=O)OC(C)C(=O)Nc1c(C)nn(C)c1C. The van der Waals surface area contributed by atoms with Crippen LogP contribution in [0.3, 0.4) is 0 Å². The number of benzene rings is 1. The lowest BCUT2D eigenvalue weighted by atomic mass is 10.2. The van der Waals surface area contributed by atoms with E-state index in [0.29, 0.717) is 22.7 Å². The van der Waals surface area contributed by atoms with Gasteiger partial charge in [0.1, 0.15) is 5.76 Å². The van der Waals surface area contributed by atoms with Crippen LogP contribution in [0.4, 0.5) is 5.69 Å². The van der Waals surface area contributed by atoms with E-state index in [0.717, 1.165) is 27.6 Å². The van der Waals surface area contributed by atoms with Gasteiger partial charge >= 0.3 is 5.97 Å². The minimum atomic E-state index is -0.966. The van der Waals surface area contributed by atoms with Crippen LogP contribution in [0.25, 0.3) is 0 Å². The number of rotatable bonds is 7. The van der Waals surface area contributed by atoms with Gasteiger partial charge in [-0.05, 0) is 46.8 Å². The van der Waals surface area contributed by atoms with Gasteiger partial charge in [0.05, 0.1) is 28.3 Å². The number of carbonyl (C=O) groups is 2. The van der Waals surface area contributed by atoms with Crippen molar-refractivity contribution in [1.82, 2.24) is 14.9 Å². The van der Waals surface area contributed by atoms with Crippen LogP contribution in [-0.2, 0) is 22.3 Å². The summed E-state index contributed by atoms with van der Waals surface area (Å²) >= 11 is 1.49. The highest BCUT2D eigenvalue weighted by Crippen LogP contribution is 2.29. The lowest BCUT2D eigenvalue weighted by molar-refractivity contribution is -0.123. The van der Waals surface area contributed by atoms with Crippen LogP contribution < -0.4 is 5.32 Å². The van der Waals surface area contributed by atoms with E-state index >= 15 is 0 Å². The van der Waals surface area contributed by atoms with Gasteiger partial charge in [-0.15, -0.1) is 11.8 Å². The number of nitrogens with one attached hydrogen (secondary N) is 1. The van der Waals surface area contributed by atoms with Crippen LogP contribution in [0.2, 0.25) is 0 Å². The van der Waals surface area contributed by atoms with E-state index in [4.69, 9.17) is 9.26 Å². The fraction of sp³-hybridized carbons (Fsp3) is 0.364. The Labute approximate surface area is 185 Å². The monoisotopic (exact) mass is 442 g/mol. The van der Waals surface area contributed by atoms with Crippen molar-refractivity contribution in [3.8, 4) is 0 Å². The van der Waals surface area contributed by atoms with E-state index < -0.39 is 18.0 Å². The zero-order valence-corrected chi connectivity index (χ0v) is 19.3. The van der Waals surface area contributed by atoms with Gasteiger partial charge in [0.15, 0.2) is 6.10 Å². The molecule has 1 amide bonds. The predicted octanol–water partition coefficient (Wildman–Crippen LogP) is 4.12. The molecule has 2 heterocycles. The summed E-state index contributed by atoms with van der Waals surface area (Å²) < 4.78 is 12.4. The first-order chi connectivity index (χ1) is 14.7. The highest BCUT2D eigenvalue weighted by Gasteiger charge is 2.23. The number of carbonyl (C=O) groups excluding carboxylic acids is 2. The lowest BCUT2D eigenvalue weighted by Gasteiger charge is -2.15. The van der Waals surface area contributed by atoms with Crippen LogP contribution >= 0.6 is 11.8 Å². The molecule has 3 aromatic rings. The van der Waals surface area contributed by atoms with Gasteiger partial charge in [-0.2, -0.15) is 5.10 Å². The van der Waals surface area contributed by atoms with E-state index in [1.807, 2.05) is 39.8 Å². The van der Waals surface area contributed by atoms with E-state index in [1.54, 1.807) is 30.8 Å². The molecule has 9 heteroatoms. The molecule has 0 radical (unpaired) electrons. The molecule has 2 aromatic heterocycles. The molecule has 31 heavy (non-hydrogen) atoms. The van der Waals surface area contributed by atoms with Gasteiger partial charge in [-0.25, -0.2) is 4.79 Å². The smallest absolute Gasteiger partial charge is 0.340 e. The summed E-state index contributed by atoms with van der Waals surface area (Å²) in [7, 11) is 1.80. The Morgan fingerprint density at radius 3 is 2.52 bits per heavy atom. The fourth-order valence-electron chi connectivity index (χ4n) is 3.08. The van der Waals surface area contributed by atoms with Gasteiger partial charge in [0.2, 0.25) is 0 Å². The fourth-order valence-corrected chi connectivity index (χ4v) is 4.27. The second-order valence-electron chi connectivity index (χ2n) is 7.29. The summed E-state index contributed by atoms with van der Waals surface area (Å²) in [6.45, 7) is 8.97. The van der Waals surface area contributed by atoms with Crippen LogP contribution in [0.5, 0.6) is 0 Å². The molecule has 0 spiro atoms. The molecule has 3 rings (SSSR count). The summed E-state index contributed by atoms with van der Waals surface area (Å²) in [6, 6.07) is 7.17. The molecule has 164 valence electrons. The largest absolute Gasteiger partial charge is 0.449 e. The number of anilines is 1. The maximum Gasteiger partial charge on any atom is 0.340 e. The summed E-state index contributed by atoms with van der Waals surface area (Å²) in [5.74, 6) is 0.412. The van der Waals surface area contributed by atoms with E-state index in [9.17, 15) is 9.59 Å². The molecule has 0 aliphatic rings. The van der Waals surface area contributed by atoms with Crippen LogP contribution in [0.1, 0.15) is 45.7 Å². The Morgan fingerprint density at radius 2 is 1.90 bits per heavy atom. The second kappa shape index (κ2) is 9.38. The first-order valence-corrected chi connectivity index (χ1v) is 10.8. The molecule has 0 aliphatic carbocycles. The Hall–Kier alpha value is -3.07. The molecular formula is C22H26N4O4S. The number of esters is 1. The Kier molecular flexibility index (Phi) is 6.84. The van der Waals surface area contributed by atoms with Gasteiger partial charge in [0.25, 0.3) is 5.91 Å². The van der Waals surface area contributed by atoms with Crippen LogP contribution in [0, 0.1) is 27.7 Å². The lowest BCUT2D eigenvalue weighted by Crippen LogP contribution is -2.30. The van der Waals surface area contributed by atoms with Gasteiger partial charge in [-0.1, -0.05) is 17.3 Å². The van der Waals surface area contributed by atoms with Gasteiger partial charge in [0, 0.05) is 23.3 Å². The third kappa shape index (κ3) is 4.99. The maximum absolute atomic E-state index is 12.8. The molecule has 1 unspecified atom stereocenters. The standard InChI is InChI=1S/C22H26N4O4S/c1-12-18(15(4)30-25-12)11-31-19-10-8-7-9-17(19)22(28)29-16(5)21(27)23-20-13(2)24-26(6)14(20)3/h7-10,16H,11H2,1-6H3,(H,23,27). The third-order valence-corrected chi connectivity index (χ3v) is 6.17. The Balaban J connectivity index is 1.68. The number of thioether (sulfide) groups is 1. The molecule has 1 atom stereocenters. The van der Waals surface area contributed by atoms with Crippen LogP contribution in [0.15, 0.2) is 33.7 Å². The van der Waals surface area contributed by atoms with Crippen LogP contribution in [-0.4, -0.2) is 32.9 Å². The summed E-state index contributed by atoms with van der Waals surface area (Å²) in [6.07, 6.45) is -0.966. The molecule has 8 nitrogen and oxygen atoms in total. The average molecular weight is 443 g/mol. The molecule has 0 fully saturated rings. The van der Waals surface area contributed by atoms with Crippen molar-refractivity contribution in [3.63, 3.8) is 0 Å². The number of aromatic nitrogens is 3. The number of aryl methyl sites for hydroxylation is 4. The van der Waals surface area contributed by atoms with E-state index in [1.165, 1.54) is 11.8 Å². The minimum Gasteiger partial charge on any atom is -0.449 e. The topological polar surface area (TPSA) is 99.2 Å². The van der Waals surface area contributed by atoms with E-state index in [2.05, 4.69) is 15.6 Å². The first kappa shape index (κ1) is 22.6. The maximum atomic E-state index is 12.8. The number of hydrogen-bond acceptors (Lipinski definition) is 7. The molecule has 0 bridgehead atoms. The first-order valence-electron chi connectivity index (χ1n) is 9.84. The zero-order chi connectivity index (χ0) is 22.7. The number of amides is 1. The second-order valence-corrected chi connectivity index (χ2v) is 8.31. The Bertz CT molecular complexity index is 1100.